The van der Waals surface area contributed by atoms with Gasteiger partial charge in [-0.1, -0.05) is 0 Å². The van der Waals surface area contributed by atoms with E-state index in [2.05, 4.69) is 0 Å². The molecule has 2 unspecified atom stereocenters. The van der Waals surface area contributed by atoms with Gasteiger partial charge >= 0.3 is 17.6 Å². The molecule has 0 radical (unpaired) electrons. The summed E-state index contributed by atoms with van der Waals surface area (Å²) < 4.78 is 19.9. The number of rotatable bonds is 6. The lowest BCUT2D eigenvalue weighted by molar-refractivity contribution is -0.385. The van der Waals surface area contributed by atoms with Crippen LogP contribution < -0.4 is 9.47 Å². The van der Waals surface area contributed by atoms with Crippen molar-refractivity contribution in [3.05, 3.63) is 28.3 Å². The molecule has 124 valence electrons. The normalized spacial score (nSPS) is 19.8. The van der Waals surface area contributed by atoms with E-state index >= 15 is 0 Å². The van der Waals surface area contributed by atoms with E-state index in [1.54, 1.807) is 6.92 Å². The van der Waals surface area contributed by atoms with E-state index in [0.717, 1.165) is 0 Å². The molecule has 1 aromatic carbocycles. The molecule has 1 aromatic rings. The fraction of sp³-hybridized carbons (Fsp3) is 0.429. The van der Waals surface area contributed by atoms with Crippen LogP contribution in [0.5, 0.6) is 11.5 Å². The molecule has 2 rings (SSSR count). The molecule has 0 spiro atoms. The van der Waals surface area contributed by atoms with Crippen molar-refractivity contribution in [2.45, 2.75) is 25.6 Å². The Kier molecular flexibility index (Phi) is 4.99. The van der Waals surface area contributed by atoms with E-state index in [9.17, 15) is 19.7 Å². The topological polar surface area (TPSA) is 114 Å². The van der Waals surface area contributed by atoms with Crippen LogP contribution in [-0.2, 0) is 19.1 Å². The highest BCUT2D eigenvalue weighted by Crippen LogP contribution is 2.30. The Bertz CT molecular complexity index is 629. The number of nitro groups is 1. The molecular formula is C14H15NO8. The number of esters is 2. The first-order chi connectivity index (χ1) is 10.9. The Labute approximate surface area is 131 Å². The lowest BCUT2D eigenvalue weighted by atomic mass is 10.2. The quantitative estimate of drug-likeness (QED) is 0.436. The second-order valence-electron chi connectivity index (χ2n) is 4.84. The summed E-state index contributed by atoms with van der Waals surface area (Å²) in [7, 11) is 1.28. The number of nitrogens with zero attached hydrogens (tertiary/aromatic N) is 1. The first-order valence-electron chi connectivity index (χ1n) is 6.76. The Hall–Kier alpha value is -2.84. The van der Waals surface area contributed by atoms with Crippen molar-refractivity contribution < 1.29 is 33.5 Å². The smallest absolute Gasteiger partial charge is 0.347 e. The monoisotopic (exact) mass is 325 g/mol. The summed E-state index contributed by atoms with van der Waals surface area (Å²) in [4.78, 5) is 33.2. The van der Waals surface area contributed by atoms with E-state index in [1.807, 2.05) is 0 Å². The van der Waals surface area contributed by atoms with Crippen LogP contribution in [0, 0.1) is 10.1 Å². The first kappa shape index (κ1) is 16.5. The van der Waals surface area contributed by atoms with Crippen LogP contribution in [0.1, 0.15) is 13.3 Å². The van der Waals surface area contributed by atoms with Gasteiger partial charge in [-0.25, -0.2) is 9.59 Å². The molecule has 1 heterocycles. The number of cyclic esters (lactones) is 1. The number of carbonyl (C=O) groups excluding carboxylic acids is 2. The number of ether oxygens (including phenoxy) is 4. The minimum absolute atomic E-state index is 0.00839. The summed E-state index contributed by atoms with van der Waals surface area (Å²) in [6, 6.07) is 3.83. The number of hydrogen-bond donors (Lipinski definition) is 0. The van der Waals surface area contributed by atoms with Crippen molar-refractivity contribution in [3.8, 4) is 11.5 Å². The second-order valence-corrected chi connectivity index (χ2v) is 4.84. The van der Waals surface area contributed by atoms with Crippen molar-refractivity contribution in [2.24, 2.45) is 0 Å². The predicted molar refractivity (Wildman–Crippen MR) is 75.2 cm³/mol. The summed E-state index contributed by atoms with van der Waals surface area (Å²) in [6.45, 7) is 1.25. The van der Waals surface area contributed by atoms with E-state index in [1.165, 1.54) is 25.3 Å². The Morgan fingerprint density at radius 2 is 2.22 bits per heavy atom. The van der Waals surface area contributed by atoms with Gasteiger partial charge in [-0.05, 0) is 13.0 Å². The van der Waals surface area contributed by atoms with Crippen molar-refractivity contribution in [1.29, 1.82) is 0 Å². The summed E-state index contributed by atoms with van der Waals surface area (Å²) in [5, 5.41) is 10.8. The molecule has 0 amide bonds. The van der Waals surface area contributed by atoms with Crippen molar-refractivity contribution in [2.75, 3.05) is 13.7 Å². The lowest BCUT2D eigenvalue weighted by Crippen LogP contribution is -2.26. The number of benzene rings is 1. The fourth-order valence-corrected chi connectivity index (χ4v) is 2.05. The van der Waals surface area contributed by atoms with Gasteiger partial charge in [0.25, 0.3) is 0 Å². The van der Waals surface area contributed by atoms with Crippen molar-refractivity contribution in [3.63, 3.8) is 0 Å². The van der Waals surface area contributed by atoms with Gasteiger partial charge in [-0.15, -0.1) is 0 Å². The van der Waals surface area contributed by atoms with Crippen LogP contribution in [0.3, 0.4) is 0 Å². The zero-order chi connectivity index (χ0) is 17.0. The molecule has 1 aliphatic rings. The summed E-state index contributed by atoms with van der Waals surface area (Å²) in [6.07, 6.45) is -0.914. The van der Waals surface area contributed by atoms with E-state index in [-0.39, 0.29) is 23.3 Å². The Morgan fingerprint density at radius 3 is 2.78 bits per heavy atom. The molecular weight excluding hydrogens is 310 g/mol. The standard InChI is InChI=1S/C14H15NO8/c1-8-5-12(14(17)22-8)23-13(16)7-21-9-3-4-10(15(18)19)11(6-9)20-2/h3-4,6,8,12H,5,7H2,1-2H3. The van der Waals surface area contributed by atoms with E-state index in [4.69, 9.17) is 18.9 Å². The van der Waals surface area contributed by atoms with Crippen molar-refractivity contribution >= 4 is 17.6 Å². The summed E-state index contributed by atoms with van der Waals surface area (Å²) >= 11 is 0. The van der Waals surface area contributed by atoms with Gasteiger partial charge in [-0.3, -0.25) is 10.1 Å². The Balaban J connectivity index is 1.91. The van der Waals surface area contributed by atoms with Gasteiger partial charge in [-0.2, -0.15) is 0 Å². The second kappa shape index (κ2) is 6.95. The van der Waals surface area contributed by atoms with Crippen LogP contribution in [0.15, 0.2) is 18.2 Å². The average Bonchev–Trinajstić information content (AvgIpc) is 2.82. The van der Waals surface area contributed by atoms with Gasteiger partial charge < -0.3 is 18.9 Å². The van der Waals surface area contributed by atoms with Gasteiger partial charge in [0.2, 0.25) is 11.9 Å². The summed E-state index contributed by atoms with van der Waals surface area (Å²) in [5.74, 6) is -1.11. The molecule has 0 aliphatic carbocycles. The largest absolute Gasteiger partial charge is 0.490 e. The molecule has 0 bridgehead atoms. The molecule has 23 heavy (non-hydrogen) atoms. The average molecular weight is 325 g/mol. The molecule has 0 saturated carbocycles. The maximum atomic E-state index is 11.7. The van der Waals surface area contributed by atoms with Crippen LogP contribution in [-0.4, -0.2) is 42.8 Å². The van der Waals surface area contributed by atoms with Gasteiger partial charge in [0, 0.05) is 18.6 Å². The molecule has 0 N–H and O–H groups in total. The van der Waals surface area contributed by atoms with Crippen LogP contribution in [0.25, 0.3) is 0 Å². The lowest BCUT2D eigenvalue weighted by Gasteiger charge is -2.10. The highest BCUT2D eigenvalue weighted by atomic mass is 16.6. The molecule has 9 nitrogen and oxygen atoms in total. The Morgan fingerprint density at radius 1 is 1.48 bits per heavy atom. The molecule has 2 atom stereocenters. The molecule has 1 saturated heterocycles. The molecule has 1 aliphatic heterocycles. The van der Waals surface area contributed by atoms with E-state index in [0.29, 0.717) is 6.42 Å². The van der Waals surface area contributed by atoms with Crippen LogP contribution in [0.4, 0.5) is 5.69 Å². The predicted octanol–water partition coefficient (Wildman–Crippen LogP) is 1.23. The maximum Gasteiger partial charge on any atom is 0.347 e. The number of nitro benzene ring substituents is 1. The minimum atomic E-state index is -0.924. The molecule has 9 heteroatoms. The van der Waals surface area contributed by atoms with Gasteiger partial charge in [0.15, 0.2) is 6.61 Å². The van der Waals surface area contributed by atoms with Crippen LogP contribution >= 0.6 is 0 Å². The SMILES string of the molecule is COc1cc(OCC(=O)OC2CC(C)OC2=O)ccc1[N+](=O)[O-]. The molecule has 1 fully saturated rings. The highest BCUT2D eigenvalue weighted by molar-refractivity contribution is 5.81. The third-order valence-corrected chi connectivity index (χ3v) is 3.10. The molecule has 0 aromatic heterocycles. The maximum absolute atomic E-state index is 11.7. The number of carbonyl (C=O) groups is 2. The first-order valence-corrected chi connectivity index (χ1v) is 6.76. The van der Waals surface area contributed by atoms with Gasteiger partial charge in [0.1, 0.15) is 11.9 Å². The number of methoxy groups -OCH3 is 1. The van der Waals surface area contributed by atoms with E-state index < -0.39 is 29.6 Å². The number of hydrogen-bond acceptors (Lipinski definition) is 8. The fourth-order valence-electron chi connectivity index (χ4n) is 2.05. The van der Waals surface area contributed by atoms with Crippen LogP contribution in [0.2, 0.25) is 0 Å². The highest BCUT2D eigenvalue weighted by Gasteiger charge is 2.35. The zero-order valence-electron chi connectivity index (χ0n) is 12.5. The third kappa shape index (κ3) is 4.09. The minimum Gasteiger partial charge on any atom is -0.490 e. The summed E-state index contributed by atoms with van der Waals surface area (Å²) in [5.41, 5.74) is -0.217. The van der Waals surface area contributed by atoms with Gasteiger partial charge in [0.05, 0.1) is 12.0 Å². The third-order valence-electron chi connectivity index (χ3n) is 3.10. The van der Waals surface area contributed by atoms with Crippen molar-refractivity contribution in [1.82, 2.24) is 0 Å². The zero-order valence-corrected chi connectivity index (χ0v) is 12.5.